The maximum Gasteiger partial charge on any atom is 0.244 e. The van der Waals surface area contributed by atoms with Gasteiger partial charge < -0.3 is 4.74 Å². The smallest absolute Gasteiger partial charge is 0.244 e. The molecule has 0 N–H and O–H groups in total. The van der Waals surface area contributed by atoms with E-state index in [1.165, 1.54) is 10.5 Å². The molecular weight excluding hydrogens is 368 g/mol. The van der Waals surface area contributed by atoms with Crippen LogP contribution >= 0.6 is 23.4 Å². The van der Waals surface area contributed by atoms with Crippen LogP contribution in [0.2, 0.25) is 5.02 Å². The maximum atomic E-state index is 12.5. The number of aromatic nitrogens is 1. The molecule has 1 saturated heterocycles. The Bertz CT molecular complexity index is 774. The Labute approximate surface area is 151 Å². The Balaban J connectivity index is 1.65. The van der Waals surface area contributed by atoms with Gasteiger partial charge in [0.15, 0.2) is 0 Å². The lowest BCUT2D eigenvalue weighted by molar-refractivity contribution is 0.0730. The molecule has 0 radical (unpaired) electrons. The highest BCUT2D eigenvalue weighted by atomic mass is 35.5. The van der Waals surface area contributed by atoms with E-state index >= 15 is 0 Å². The summed E-state index contributed by atoms with van der Waals surface area (Å²) in [4.78, 5) is 4.49. The van der Waals surface area contributed by atoms with Gasteiger partial charge >= 0.3 is 0 Å². The van der Waals surface area contributed by atoms with Crippen molar-refractivity contribution in [3.8, 4) is 0 Å². The van der Waals surface area contributed by atoms with E-state index in [2.05, 4.69) is 4.98 Å². The molecule has 0 unspecified atom stereocenters. The lowest BCUT2D eigenvalue weighted by Gasteiger charge is -2.25. The van der Waals surface area contributed by atoms with Crippen LogP contribution in [0.3, 0.4) is 0 Å². The molecule has 1 aromatic carbocycles. The first kappa shape index (κ1) is 17.7. The minimum atomic E-state index is -3.48. The van der Waals surface area contributed by atoms with Crippen molar-refractivity contribution in [3.05, 3.63) is 53.2 Å². The van der Waals surface area contributed by atoms with Gasteiger partial charge in [-0.2, -0.15) is 4.31 Å². The van der Waals surface area contributed by atoms with E-state index in [9.17, 15) is 8.42 Å². The quantitative estimate of drug-likeness (QED) is 0.741. The topological polar surface area (TPSA) is 59.5 Å². The lowest BCUT2D eigenvalue weighted by atomic mass is 10.2. The first-order valence-corrected chi connectivity index (χ1v) is 10.3. The molecule has 2 aromatic rings. The molecule has 24 heavy (non-hydrogen) atoms. The molecular formula is C16H17ClN2O3S2. The van der Waals surface area contributed by atoms with E-state index in [1.807, 2.05) is 24.3 Å². The molecule has 2 heterocycles. The van der Waals surface area contributed by atoms with Gasteiger partial charge in [0.2, 0.25) is 10.0 Å². The molecule has 0 spiro atoms. The van der Waals surface area contributed by atoms with Gasteiger partial charge in [0.1, 0.15) is 4.90 Å². The molecule has 0 saturated carbocycles. The summed E-state index contributed by atoms with van der Waals surface area (Å²) in [7, 11) is -3.48. The van der Waals surface area contributed by atoms with Crippen LogP contribution in [0.4, 0.5) is 0 Å². The van der Waals surface area contributed by atoms with Crippen molar-refractivity contribution in [3.63, 3.8) is 0 Å². The molecule has 1 aliphatic rings. The highest BCUT2D eigenvalue weighted by Crippen LogP contribution is 2.24. The first-order valence-electron chi connectivity index (χ1n) is 7.47. The summed E-state index contributed by atoms with van der Waals surface area (Å²) >= 11 is 7.42. The Kier molecular flexibility index (Phi) is 5.78. The normalized spacial score (nSPS) is 16.2. The molecule has 8 heteroatoms. The zero-order valence-electron chi connectivity index (χ0n) is 12.9. The molecule has 3 rings (SSSR count). The van der Waals surface area contributed by atoms with Gasteiger partial charge in [-0.1, -0.05) is 23.7 Å². The SMILES string of the molecule is O=S(=O)(c1ccc(SCc2ccc(Cl)cc2)nc1)N1CCOCC1. The Morgan fingerprint density at radius 2 is 1.83 bits per heavy atom. The highest BCUT2D eigenvalue weighted by molar-refractivity contribution is 7.98. The number of halogens is 1. The maximum absolute atomic E-state index is 12.5. The second kappa shape index (κ2) is 7.84. The molecule has 1 fully saturated rings. The number of thioether (sulfide) groups is 1. The van der Waals surface area contributed by atoms with Crippen molar-refractivity contribution in [2.24, 2.45) is 0 Å². The van der Waals surface area contributed by atoms with Crippen LogP contribution in [-0.4, -0.2) is 44.0 Å². The minimum Gasteiger partial charge on any atom is -0.379 e. The number of benzene rings is 1. The average Bonchev–Trinajstić information content (AvgIpc) is 2.62. The van der Waals surface area contributed by atoms with Crippen LogP contribution < -0.4 is 0 Å². The van der Waals surface area contributed by atoms with Gasteiger partial charge in [-0.25, -0.2) is 13.4 Å². The monoisotopic (exact) mass is 384 g/mol. The van der Waals surface area contributed by atoms with Gasteiger partial charge in [0.05, 0.1) is 18.2 Å². The summed E-state index contributed by atoms with van der Waals surface area (Å²) < 4.78 is 31.7. The van der Waals surface area contributed by atoms with Crippen LogP contribution in [0, 0.1) is 0 Å². The predicted molar refractivity (Wildman–Crippen MR) is 94.8 cm³/mol. The van der Waals surface area contributed by atoms with Crippen molar-refractivity contribution in [1.29, 1.82) is 0 Å². The third-order valence-electron chi connectivity index (χ3n) is 3.62. The zero-order chi connectivity index (χ0) is 17.0. The fourth-order valence-electron chi connectivity index (χ4n) is 2.28. The molecule has 5 nitrogen and oxygen atoms in total. The van der Waals surface area contributed by atoms with E-state index in [4.69, 9.17) is 16.3 Å². The van der Waals surface area contributed by atoms with Crippen LogP contribution in [0.1, 0.15) is 5.56 Å². The number of pyridine rings is 1. The highest BCUT2D eigenvalue weighted by Gasteiger charge is 2.26. The van der Waals surface area contributed by atoms with Crippen molar-refractivity contribution < 1.29 is 13.2 Å². The summed E-state index contributed by atoms with van der Waals surface area (Å²) in [5.41, 5.74) is 1.14. The average molecular weight is 385 g/mol. The van der Waals surface area contributed by atoms with E-state index in [0.717, 1.165) is 16.3 Å². The van der Waals surface area contributed by atoms with Crippen LogP contribution in [0.5, 0.6) is 0 Å². The molecule has 0 bridgehead atoms. The predicted octanol–water partition coefficient (Wildman–Crippen LogP) is 3.05. The minimum absolute atomic E-state index is 0.222. The van der Waals surface area contributed by atoms with E-state index in [-0.39, 0.29) is 4.90 Å². The Morgan fingerprint density at radius 1 is 1.12 bits per heavy atom. The molecule has 128 valence electrons. The van der Waals surface area contributed by atoms with Gasteiger partial charge in [-0.3, -0.25) is 0 Å². The second-order valence-electron chi connectivity index (χ2n) is 5.26. The van der Waals surface area contributed by atoms with Crippen LogP contribution in [0.25, 0.3) is 0 Å². The number of nitrogens with zero attached hydrogens (tertiary/aromatic N) is 2. The number of hydrogen-bond donors (Lipinski definition) is 0. The summed E-state index contributed by atoms with van der Waals surface area (Å²) in [5, 5.41) is 1.49. The van der Waals surface area contributed by atoms with Crippen LogP contribution in [0.15, 0.2) is 52.5 Å². The third kappa shape index (κ3) is 4.29. The van der Waals surface area contributed by atoms with Gasteiger partial charge in [0.25, 0.3) is 0 Å². The molecule has 0 aliphatic carbocycles. The van der Waals surface area contributed by atoms with E-state index in [0.29, 0.717) is 31.3 Å². The van der Waals surface area contributed by atoms with Crippen molar-refractivity contribution in [1.82, 2.24) is 9.29 Å². The van der Waals surface area contributed by atoms with Crippen molar-refractivity contribution >= 4 is 33.4 Å². The zero-order valence-corrected chi connectivity index (χ0v) is 15.3. The standard InChI is InChI=1S/C16H17ClN2O3S2/c17-14-3-1-13(2-4-14)12-23-16-6-5-15(11-18-16)24(20,21)19-7-9-22-10-8-19/h1-6,11H,7-10,12H2. The number of hydrogen-bond acceptors (Lipinski definition) is 5. The van der Waals surface area contributed by atoms with E-state index < -0.39 is 10.0 Å². The second-order valence-corrected chi connectivity index (χ2v) is 8.63. The van der Waals surface area contributed by atoms with Crippen molar-refractivity contribution in [2.75, 3.05) is 26.3 Å². The molecule has 1 aliphatic heterocycles. The fraction of sp³-hybridized carbons (Fsp3) is 0.312. The van der Waals surface area contributed by atoms with E-state index in [1.54, 1.807) is 23.9 Å². The largest absolute Gasteiger partial charge is 0.379 e. The first-order chi connectivity index (χ1) is 11.6. The molecule has 1 aromatic heterocycles. The Hall–Kier alpha value is -1.12. The summed E-state index contributed by atoms with van der Waals surface area (Å²) in [6, 6.07) is 11.0. The summed E-state index contributed by atoms with van der Waals surface area (Å²) in [6.07, 6.45) is 1.43. The number of rotatable bonds is 5. The third-order valence-corrected chi connectivity index (χ3v) is 6.77. The Morgan fingerprint density at radius 3 is 2.46 bits per heavy atom. The number of ether oxygens (including phenoxy) is 1. The fourth-order valence-corrected chi connectivity index (χ4v) is 4.56. The summed E-state index contributed by atoms with van der Waals surface area (Å²) in [6.45, 7) is 1.63. The van der Waals surface area contributed by atoms with Crippen molar-refractivity contribution in [2.45, 2.75) is 15.7 Å². The molecule has 0 atom stereocenters. The van der Waals surface area contributed by atoms with Gasteiger partial charge in [-0.05, 0) is 29.8 Å². The number of sulfonamides is 1. The van der Waals surface area contributed by atoms with Gasteiger partial charge in [-0.15, -0.1) is 11.8 Å². The van der Waals surface area contributed by atoms with Crippen LogP contribution in [-0.2, 0) is 20.5 Å². The van der Waals surface area contributed by atoms with Gasteiger partial charge in [0, 0.05) is 30.1 Å². The molecule has 0 amide bonds. The lowest BCUT2D eigenvalue weighted by Crippen LogP contribution is -2.40. The summed E-state index contributed by atoms with van der Waals surface area (Å²) in [5.74, 6) is 0.750. The number of morpholine rings is 1.